The molecule has 0 saturated carbocycles. The Morgan fingerprint density at radius 1 is 1.80 bits per heavy atom. The van der Waals surface area contributed by atoms with Gasteiger partial charge in [0.2, 0.25) is 0 Å². The van der Waals surface area contributed by atoms with Crippen LogP contribution in [0.3, 0.4) is 0 Å². The second kappa shape index (κ2) is 2.43. The molecule has 0 aliphatic heterocycles. The molecule has 54 valence electrons. The van der Waals surface area contributed by atoms with E-state index in [0.29, 0.717) is 6.42 Å². The second-order valence-corrected chi connectivity index (χ2v) is 2.80. The van der Waals surface area contributed by atoms with E-state index in [9.17, 15) is 5.11 Å². The fourth-order valence-electron chi connectivity index (χ4n) is 0.888. The van der Waals surface area contributed by atoms with Crippen LogP contribution in [0.1, 0.15) is 13.3 Å². The normalized spacial score (nSPS) is 31.6. The first-order chi connectivity index (χ1) is 4.64. The third-order valence-electron chi connectivity index (χ3n) is 1.62. The minimum absolute atomic E-state index is 0.646. The SMILES string of the molecule is C=CC1=CCC(C)(O)C=C1. The monoisotopic (exact) mass is 136 g/mol. The van der Waals surface area contributed by atoms with Gasteiger partial charge in [0.05, 0.1) is 5.60 Å². The van der Waals surface area contributed by atoms with Crippen LogP contribution in [0, 0.1) is 0 Å². The summed E-state index contributed by atoms with van der Waals surface area (Å²) in [6.45, 7) is 5.42. The van der Waals surface area contributed by atoms with E-state index in [2.05, 4.69) is 6.58 Å². The molecular formula is C9H12O. The molecule has 1 aliphatic carbocycles. The minimum atomic E-state index is -0.646. The van der Waals surface area contributed by atoms with Crippen molar-refractivity contribution in [2.24, 2.45) is 0 Å². The lowest BCUT2D eigenvalue weighted by molar-refractivity contribution is 0.114. The van der Waals surface area contributed by atoms with Crippen LogP contribution in [-0.2, 0) is 0 Å². The van der Waals surface area contributed by atoms with Gasteiger partial charge in [0.25, 0.3) is 0 Å². The van der Waals surface area contributed by atoms with Crippen LogP contribution in [-0.4, -0.2) is 10.7 Å². The van der Waals surface area contributed by atoms with Gasteiger partial charge in [-0.3, -0.25) is 0 Å². The van der Waals surface area contributed by atoms with Crippen molar-refractivity contribution in [3.63, 3.8) is 0 Å². The van der Waals surface area contributed by atoms with Crippen LogP contribution < -0.4 is 0 Å². The lowest BCUT2D eigenvalue weighted by atomic mass is 9.94. The maximum Gasteiger partial charge on any atom is 0.0837 e. The predicted octanol–water partition coefficient (Wildman–Crippen LogP) is 1.81. The van der Waals surface area contributed by atoms with E-state index >= 15 is 0 Å². The zero-order valence-corrected chi connectivity index (χ0v) is 6.17. The van der Waals surface area contributed by atoms with E-state index in [1.165, 1.54) is 0 Å². The van der Waals surface area contributed by atoms with Crippen molar-refractivity contribution in [2.45, 2.75) is 18.9 Å². The van der Waals surface area contributed by atoms with E-state index in [0.717, 1.165) is 5.57 Å². The van der Waals surface area contributed by atoms with Gasteiger partial charge in [-0.2, -0.15) is 0 Å². The molecule has 1 unspecified atom stereocenters. The van der Waals surface area contributed by atoms with Crippen molar-refractivity contribution in [3.8, 4) is 0 Å². The van der Waals surface area contributed by atoms with Gasteiger partial charge in [-0.1, -0.05) is 30.9 Å². The molecule has 0 aromatic carbocycles. The van der Waals surface area contributed by atoms with Gasteiger partial charge in [-0.25, -0.2) is 0 Å². The third kappa shape index (κ3) is 1.58. The van der Waals surface area contributed by atoms with Crippen molar-refractivity contribution in [1.82, 2.24) is 0 Å². The molecule has 1 rings (SSSR count). The molecule has 0 bridgehead atoms. The average molecular weight is 136 g/mol. The Morgan fingerprint density at radius 3 is 2.90 bits per heavy atom. The Kier molecular flexibility index (Phi) is 1.77. The first kappa shape index (κ1) is 7.29. The van der Waals surface area contributed by atoms with E-state index in [1.54, 1.807) is 19.1 Å². The molecule has 0 saturated heterocycles. The van der Waals surface area contributed by atoms with Gasteiger partial charge in [0.1, 0.15) is 0 Å². The smallest absolute Gasteiger partial charge is 0.0837 e. The Labute approximate surface area is 61.4 Å². The maximum absolute atomic E-state index is 9.42. The summed E-state index contributed by atoms with van der Waals surface area (Å²) in [7, 11) is 0. The zero-order valence-electron chi connectivity index (χ0n) is 6.17. The molecule has 0 aromatic heterocycles. The predicted molar refractivity (Wildman–Crippen MR) is 42.7 cm³/mol. The van der Waals surface area contributed by atoms with Crippen molar-refractivity contribution in [2.75, 3.05) is 0 Å². The van der Waals surface area contributed by atoms with Crippen LogP contribution in [0.25, 0.3) is 0 Å². The average Bonchev–Trinajstić information content (AvgIpc) is 1.88. The van der Waals surface area contributed by atoms with Crippen molar-refractivity contribution in [3.05, 3.63) is 36.5 Å². The number of hydrogen-bond donors (Lipinski definition) is 1. The molecule has 10 heavy (non-hydrogen) atoms. The fourth-order valence-corrected chi connectivity index (χ4v) is 0.888. The molecular weight excluding hydrogens is 124 g/mol. The Balaban J connectivity index is 2.72. The van der Waals surface area contributed by atoms with Gasteiger partial charge < -0.3 is 5.11 Å². The molecule has 1 heteroatoms. The van der Waals surface area contributed by atoms with Gasteiger partial charge >= 0.3 is 0 Å². The highest BCUT2D eigenvalue weighted by atomic mass is 16.3. The van der Waals surface area contributed by atoms with Crippen LogP contribution in [0.4, 0.5) is 0 Å². The number of hydrogen-bond acceptors (Lipinski definition) is 1. The Bertz CT molecular complexity index is 197. The summed E-state index contributed by atoms with van der Waals surface area (Å²) in [5.74, 6) is 0. The van der Waals surface area contributed by atoms with Crippen molar-refractivity contribution < 1.29 is 5.11 Å². The van der Waals surface area contributed by atoms with Gasteiger partial charge in [-0.15, -0.1) is 0 Å². The quantitative estimate of drug-likeness (QED) is 0.583. The fraction of sp³-hybridized carbons (Fsp3) is 0.333. The number of allylic oxidation sites excluding steroid dienone is 3. The largest absolute Gasteiger partial charge is 0.386 e. The lowest BCUT2D eigenvalue weighted by Crippen LogP contribution is -2.21. The highest BCUT2D eigenvalue weighted by Crippen LogP contribution is 2.19. The molecule has 1 aliphatic rings. The summed E-state index contributed by atoms with van der Waals surface area (Å²) in [4.78, 5) is 0. The third-order valence-corrected chi connectivity index (χ3v) is 1.62. The maximum atomic E-state index is 9.42. The number of aliphatic hydroxyl groups is 1. The summed E-state index contributed by atoms with van der Waals surface area (Å²) in [5, 5.41) is 9.42. The first-order valence-electron chi connectivity index (χ1n) is 3.38. The minimum Gasteiger partial charge on any atom is -0.386 e. The molecule has 0 heterocycles. The summed E-state index contributed by atoms with van der Waals surface area (Å²) in [6.07, 6.45) is 8.13. The van der Waals surface area contributed by atoms with E-state index in [1.807, 2.05) is 12.2 Å². The second-order valence-electron chi connectivity index (χ2n) is 2.80. The first-order valence-corrected chi connectivity index (χ1v) is 3.38. The van der Waals surface area contributed by atoms with Gasteiger partial charge in [0.15, 0.2) is 0 Å². The standard InChI is InChI=1S/C9H12O/c1-3-8-4-6-9(2,10)7-5-8/h3-6,10H,1,7H2,2H3. The van der Waals surface area contributed by atoms with Crippen molar-refractivity contribution >= 4 is 0 Å². The zero-order chi connectivity index (χ0) is 7.61. The number of rotatable bonds is 1. The highest BCUT2D eigenvalue weighted by Gasteiger charge is 2.16. The van der Waals surface area contributed by atoms with Crippen LogP contribution >= 0.6 is 0 Å². The summed E-state index contributed by atoms with van der Waals surface area (Å²) >= 11 is 0. The van der Waals surface area contributed by atoms with E-state index < -0.39 is 5.60 Å². The molecule has 1 atom stereocenters. The summed E-state index contributed by atoms with van der Waals surface area (Å²) < 4.78 is 0. The van der Waals surface area contributed by atoms with Crippen LogP contribution in [0.2, 0.25) is 0 Å². The summed E-state index contributed by atoms with van der Waals surface area (Å²) in [5.41, 5.74) is 0.443. The van der Waals surface area contributed by atoms with E-state index in [4.69, 9.17) is 0 Å². The summed E-state index contributed by atoms with van der Waals surface area (Å²) in [6, 6.07) is 0. The van der Waals surface area contributed by atoms with Crippen LogP contribution in [0.5, 0.6) is 0 Å². The highest BCUT2D eigenvalue weighted by molar-refractivity contribution is 5.34. The molecule has 0 spiro atoms. The molecule has 1 nitrogen and oxygen atoms in total. The lowest BCUT2D eigenvalue weighted by Gasteiger charge is -2.20. The molecule has 0 aromatic rings. The molecule has 0 radical (unpaired) electrons. The van der Waals surface area contributed by atoms with Gasteiger partial charge in [-0.05, 0) is 18.9 Å². The molecule has 1 N–H and O–H groups in total. The Hall–Kier alpha value is -0.820. The topological polar surface area (TPSA) is 20.2 Å². The van der Waals surface area contributed by atoms with Crippen molar-refractivity contribution in [1.29, 1.82) is 0 Å². The Morgan fingerprint density at radius 2 is 2.50 bits per heavy atom. The van der Waals surface area contributed by atoms with Crippen LogP contribution in [0.15, 0.2) is 36.5 Å². The molecule has 0 amide bonds. The van der Waals surface area contributed by atoms with Gasteiger partial charge in [0, 0.05) is 0 Å². The molecule has 0 fully saturated rings. The van der Waals surface area contributed by atoms with E-state index in [-0.39, 0.29) is 0 Å².